The Bertz CT molecular complexity index is 369. The van der Waals surface area contributed by atoms with Crippen molar-refractivity contribution < 1.29 is 9.50 Å². The SMILES string of the molecule is Cl.N[C@@H](c1cccc(F)c1)[C@H](O)C1CCCCC1. The third-order valence-corrected chi connectivity index (χ3v) is 3.73. The summed E-state index contributed by atoms with van der Waals surface area (Å²) in [7, 11) is 0. The maximum atomic E-state index is 13.1. The molecule has 2 atom stereocenters. The summed E-state index contributed by atoms with van der Waals surface area (Å²) < 4.78 is 13.1. The maximum Gasteiger partial charge on any atom is 0.123 e. The van der Waals surface area contributed by atoms with Crippen LogP contribution in [0.3, 0.4) is 0 Å². The number of benzene rings is 1. The zero-order valence-electron chi connectivity index (χ0n) is 10.4. The van der Waals surface area contributed by atoms with Crippen molar-refractivity contribution in [3.05, 3.63) is 35.6 Å². The molecule has 2 rings (SSSR count). The largest absolute Gasteiger partial charge is 0.391 e. The summed E-state index contributed by atoms with van der Waals surface area (Å²) in [6.45, 7) is 0. The number of rotatable bonds is 3. The van der Waals surface area contributed by atoms with Crippen molar-refractivity contribution >= 4 is 12.4 Å². The molecule has 18 heavy (non-hydrogen) atoms. The summed E-state index contributed by atoms with van der Waals surface area (Å²) in [5.74, 6) is -0.0317. The molecule has 3 N–H and O–H groups in total. The molecule has 1 aromatic rings. The van der Waals surface area contributed by atoms with E-state index in [9.17, 15) is 9.50 Å². The molecule has 2 nitrogen and oxygen atoms in total. The van der Waals surface area contributed by atoms with Crippen molar-refractivity contribution in [2.75, 3.05) is 0 Å². The maximum absolute atomic E-state index is 13.1. The van der Waals surface area contributed by atoms with E-state index in [1.807, 2.05) is 0 Å². The van der Waals surface area contributed by atoms with Crippen LogP contribution in [0.4, 0.5) is 4.39 Å². The lowest BCUT2D eigenvalue weighted by atomic mass is 9.81. The van der Waals surface area contributed by atoms with Crippen molar-refractivity contribution in [2.45, 2.75) is 44.2 Å². The van der Waals surface area contributed by atoms with Gasteiger partial charge in [-0.3, -0.25) is 0 Å². The minimum atomic E-state index is -0.558. The summed E-state index contributed by atoms with van der Waals surface area (Å²) in [4.78, 5) is 0. The normalized spacial score (nSPS) is 19.9. The first-order valence-electron chi connectivity index (χ1n) is 6.37. The van der Waals surface area contributed by atoms with E-state index in [-0.39, 0.29) is 24.1 Å². The number of hydrogen-bond acceptors (Lipinski definition) is 2. The van der Waals surface area contributed by atoms with Gasteiger partial charge in [0.05, 0.1) is 12.1 Å². The van der Waals surface area contributed by atoms with Gasteiger partial charge in [0.15, 0.2) is 0 Å². The summed E-state index contributed by atoms with van der Waals surface area (Å²) in [5, 5.41) is 10.2. The van der Waals surface area contributed by atoms with E-state index >= 15 is 0 Å². The Morgan fingerprint density at radius 3 is 2.50 bits per heavy atom. The first-order valence-corrected chi connectivity index (χ1v) is 6.37. The average Bonchev–Trinajstić information content (AvgIpc) is 2.38. The van der Waals surface area contributed by atoms with Crippen LogP contribution in [0.1, 0.15) is 43.7 Å². The van der Waals surface area contributed by atoms with E-state index in [0.29, 0.717) is 5.56 Å². The zero-order chi connectivity index (χ0) is 12.3. The lowest BCUT2D eigenvalue weighted by molar-refractivity contribution is 0.0617. The van der Waals surface area contributed by atoms with Gasteiger partial charge in [-0.1, -0.05) is 31.4 Å². The summed E-state index contributed by atoms with van der Waals surface area (Å²) >= 11 is 0. The molecule has 1 saturated carbocycles. The van der Waals surface area contributed by atoms with Crippen LogP contribution in [0, 0.1) is 11.7 Å². The molecule has 0 bridgehead atoms. The van der Waals surface area contributed by atoms with E-state index in [1.54, 1.807) is 12.1 Å². The van der Waals surface area contributed by atoms with Crippen LogP contribution in [0.25, 0.3) is 0 Å². The van der Waals surface area contributed by atoms with E-state index in [4.69, 9.17) is 5.73 Å². The summed E-state index contributed by atoms with van der Waals surface area (Å²) in [6.07, 6.45) is 5.08. The van der Waals surface area contributed by atoms with Crippen molar-refractivity contribution in [3.8, 4) is 0 Å². The number of halogens is 2. The van der Waals surface area contributed by atoms with Gasteiger partial charge in [0.2, 0.25) is 0 Å². The number of nitrogens with two attached hydrogens (primary N) is 1. The molecular weight excluding hydrogens is 253 g/mol. The Balaban J connectivity index is 0.00000162. The third kappa shape index (κ3) is 3.67. The molecular formula is C14H21ClFNO. The molecule has 1 aliphatic rings. The molecule has 0 aliphatic heterocycles. The molecule has 102 valence electrons. The van der Waals surface area contributed by atoms with Crippen LogP contribution >= 0.6 is 12.4 Å². The Morgan fingerprint density at radius 1 is 1.22 bits per heavy atom. The highest BCUT2D eigenvalue weighted by molar-refractivity contribution is 5.85. The molecule has 0 spiro atoms. The molecule has 0 unspecified atom stereocenters. The van der Waals surface area contributed by atoms with Gasteiger partial charge in [0.1, 0.15) is 5.82 Å². The van der Waals surface area contributed by atoms with Crippen molar-refractivity contribution in [1.82, 2.24) is 0 Å². The van der Waals surface area contributed by atoms with Gasteiger partial charge in [-0.25, -0.2) is 4.39 Å². The highest BCUT2D eigenvalue weighted by Gasteiger charge is 2.27. The number of aliphatic hydroxyl groups excluding tert-OH is 1. The Kier molecular flexibility index (Phi) is 6.06. The van der Waals surface area contributed by atoms with E-state index in [2.05, 4.69) is 0 Å². The molecule has 1 aromatic carbocycles. The van der Waals surface area contributed by atoms with Gasteiger partial charge in [-0.05, 0) is 36.5 Å². The van der Waals surface area contributed by atoms with Crippen LogP contribution in [0.5, 0.6) is 0 Å². The fourth-order valence-corrected chi connectivity index (χ4v) is 2.68. The highest BCUT2D eigenvalue weighted by atomic mass is 35.5. The standard InChI is InChI=1S/C14H20FNO.ClH/c15-12-8-4-7-11(9-12)13(16)14(17)10-5-2-1-3-6-10;/h4,7-10,13-14,17H,1-3,5-6,16H2;1H/t13-,14+;/m0./s1. The topological polar surface area (TPSA) is 46.2 Å². The molecule has 0 heterocycles. The lowest BCUT2D eigenvalue weighted by Crippen LogP contribution is -2.34. The van der Waals surface area contributed by atoms with Gasteiger partial charge in [0.25, 0.3) is 0 Å². The van der Waals surface area contributed by atoms with Gasteiger partial charge in [0, 0.05) is 0 Å². The molecule has 0 radical (unpaired) electrons. The second-order valence-electron chi connectivity index (χ2n) is 4.97. The molecule has 4 heteroatoms. The van der Waals surface area contributed by atoms with Gasteiger partial charge in [-0.2, -0.15) is 0 Å². The predicted molar refractivity (Wildman–Crippen MR) is 73.2 cm³/mol. The quantitative estimate of drug-likeness (QED) is 0.888. The first-order chi connectivity index (χ1) is 8.18. The third-order valence-electron chi connectivity index (χ3n) is 3.73. The van der Waals surface area contributed by atoms with E-state index in [0.717, 1.165) is 25.7 Å². The Morgan fingerprint density at radius 2 is 1.89 bits per heavy atom. The van der Waals surface area contributed by atoms with Crippen molar-refractivity contribution in [2.24, 2.45) is 11.7 Å². The van der Waals surface area contributed by atoms with E-state index in [1.165, 1.54) is 18.6 Å². The predicted octanol–water partition coefficient (Wildman–Crippen LogP) is 3.19. The Hall–Kier alpha value is -0.640. The number of aliphatic hydroxyl groups is 1. The smallest absolute Gasteiger partial charge is 0.123 e. The zero-order valence-corrected chi connectivity index (χ0v) is 11.2. The lowest BCUT2D eigenvalue weighted by Gasteiger charge is -2.30. The van der Waals surface area contributed by atoms with Crippen LogP contribution in [0.2, 0.25) is 0 Å². The average molecular weight is 274 g/mol. The minimum absolute atomic E-state index is 0. The molecule has 0 aromatic heterocycles. The van der Waals surface area contributed by atoms with E-state index < -0.39 is 12.1 Å². The molecule has 1 fully saturated rings. The van der Waals surface area contributed by atoms with Gasteiger partial charge in [-0.15, -0.1) is 12.4 Å². The summed E-state index contributed by atoms with van der Waals surface area (Å²) in [6, 6.07) is 5.74. The van der Waals surface area contributed by atoms with Crippen LogP contribution in [-0.2, 0) is 0 Å². The van der Waals surface area contributed by atoms with Crippen LogP contribution in [-0.4, -0.2) is 11.2 Å². The first kappa shape index (κ1) is 15.4. The molecule has 0 saturated heterocycles. The van der Waals surface area contributed by atoms with Crippen LogP contribution in [0.15, 0.2) is 24.3 Å². The van der Waals surface area contributed by atoms with Crippen molar-refractivity contribution in [3.63, 3.8) is 0 Å². The molecule has 0 amide bonds. The minimum Gasteiger partial charge on any atom is -0.391 e. The highest BCUT2D eigenvalue weighted by Crippen LogP contribution is 2.31. The summed E-state index contributed by atoms with van der Waals surface area (Å²) in [5.41, 5.74) is 6.70. The second kappa shape index (κ2) is 7.07. The second-order valence-corrected chi connectivity index (χ2v) is 4.97. The van der Waals surface area contributed by atoms with Crippen LogP contribution < -0.4 is 5.73 Å². The monoisotopic (exact) mass is 273 g/mol. The van der Waals surface area contributed by atoms with Crippen molar-refractivity contribution in [1.29, 1.82) is 0 Å². The van der Waals surface area contributed by atoms with Gasteiger partial charge >= 0.3 is 0 Å². The fraction of sp³-hybridized carbons (Fsp3) is 0.571. The Labute approximate surface area is 114 Å². The fourth-order valence-electron chi connectivity index (χ4n) is 2.68. The van der Waals surface area contributed by atoms with Gasteiger partial charge < -0.3 is 10.8 Å². The number of hydrogen-bond donors (Lipinski definition) is 2. The molecule has 1 aliphatic carbocycles.